The van der Waals surface area contributed by atoms with Gasteiger partial charge in [-0.25, -0.2) is 4.39 Å². The first-order valence-electron chi connectivity index (χ1n) is 7.94. The molecule has 2 N–H and O–H groups in total. The summed E-state index contributed by atoms with van der Waals surface area (Å²) in [5, 5.41) is 0. The van der Waals surface area contributed by atoms with Gasteiger partial charge < -0.3 is 15.4 Å². The third kappa shape index (κ3) is 3.06. The van der Waals surface area contributed by atoms with Gasteiger partial charge in [0.05, 0.1) is 0 Å². The Balaban J connectivity index is 1.73. The van der Waals surface area contributed by atoms with E-state index in [-0.39, 0.29) is 17.5 Å². The van der Waals surface area contributed by atoms with Crippen molar-refractivity contribution in [3.05, 3.63) is 29.6 Å². The zero-order chi connectivity index (χ0) is 15.0. The Bertz CT molecular complexity index is 510. The number of benzene rings is 1. The lowest BCUT2D eigenvalue weighted by Gasteiger charge is -2.46. The summed E-state index contributed by atoms with van der Waals surface area (Å²) in [5.74, 6) is 1.22. The normalized spacial score (nSPS) is 24.9. The minimum Gasteiger partial charge on any atom is -0.487 e. The molecule has 0 amide bonds. The molecule has 0 aliphatic carbocycles. The second-order valence-electron chi connectivity index (χ2n) is 6.97. The first kappa shape index (κ1) is 14.8. The van der Waals surface area contributed by atoms with Crippen LogP contribution in [0.1, 0.15) is 44.7 Å². The summed E-state index contributed by atoms with van der Waals surface area (Å²) in [6.45, 7) is 7.76. The Morgan fingerprint density at radius 2 is 2.10 bits per heavy atom. The van der Waals surface area contributed by atoms with Gasteiger partial charge in [-0.3, -0.25) is 0 Å². The van der Waals surface area contributed by atoms with Gasteiger partial charge >= 0.3 is 0 Å². The quantitative estimate of drug-likeness (QED) is 0.910. The molecule has 1 spiro atoms. The Hall–Kier alpha value is -1.13. The van der Waals surface area contributed by atoms with Crippen LogP contribution in [0.2, 0.25) is 0 Å². The van der Waals surface area contributed by atoms with Crippen molar-refractivity contribution in [2.75, 3.05) is 19.6 Å². The van der Waals surface area contributed by atoms with Gasteiger partial charge in [0.2, 0.25) is 0 Å². The molecule has 2 heterocycles. The van der Waals surface area contributed by atoms with Gasteiger partial charge in [0.15, 0.2) is 0 Å². The molecule has 116 valence electrons. The van der Waals surface area contributed by atoms with E-state index in [1.807, 2.05) is 0 Å². The van der Waals surface area contributed by atoms with Crippen molar-refractivity contribution < 1.29 is 9.13 Å². The lowest BCUT2D eigenvalue weighted by atomic mass is 9.80. The molecule has 2 aliphatic rings. The first-order chi connectivity index (χ1) is 9.97. The van der Waals surface area contributed by atoms with Crippen molar-refractivity contribution in [1.82, 2.24) is 4.90 Å². The summed E-state index contributed by atoms with van der Waals surface area (Å²) in [7, 11) is 0. The van der Waals surface area contributed by atoms with Crippen LogP contribution in [-0.4, -0.2) is 30.1 Å². The predicted octanol–water partition coefficient (Wildman–Crippen LogP) is 3.10. The largest absolute Gasteiger partial charge is 0.487 e. The molecular weight excluding hydrogens is 267 g/mol. The molecule has 1 aromatic rings. The summed E-state index contributed by atoms with van der Waals surface area (Å²) < 4.78 is 19.6. The zero-order valence-corrected chi connectivity index (χ0v) is 12.9. The van der Waals surface area contributed by atoms with Crippen molar-refractivity contribution in [3.8, 4) is 5.75 Å². The number of ether oxygens (including phenoxy) is 1. The molecule has 0 saturated carbocycles. The summed E-state index contributed by atoms with van der Waals surface area (Å²) >= 11 is 0. The fourth-order valence-corrected chi connectivity index (χ4v) is 3.65. The lowest BCUT2D eigenvalue weighted by molar-refractivity contribution is -0.0237. The van der Waals surface area contributed by atoms with Crippen LogP contribution in [0.25, 0.3) is 0 Å². The van der Waals surface area contributed by atoms with Crippen LogP contribution in [0.4, 0.5) is 4.39 Å². The number of hydrogen-bond acceptors (Lipinski definition) is 3. The van der Waals surface area contributed by atoms with Gasteiger partial charge in [-0.2, -0.15) is 0 Å². The smallest absolute Gasteiger partial charge is 0.125 e. The van der Waals surface area contributed by atoms with Gasteiger partial charge in [-0.1, -0.05) is 13.8 Å². The van der Waals surface area contributed by atoms with Gasteiger partial charge in [0.1, 0.15) is 17.2 Å². The number of likely N-dealkylation sites (tertiary alicyclic amines) is 1. The summed E-state index contributed by atoms with van der Waals surface area (Å²) in [4.78, 5) is 2.50. The average Bonchev–Trinajstić information content (AvgIpc) is 2.42. The molecule has 3 rings (SSSR count). The molecule has 1 atom stereocenters. The van der Waals surface area contributed by atoms with E-state index in [0.717, 1.165) is 50.2 Å². The number of nitrogens with two attached hydrogens (primary N) is 1. The van der Waals surface area contributed by atoms with Crippen LogP contribution in [0, 0.1) is 11.7 Å². The highest BCUT2D eigenvalue weighted by Gasteiger charge is 2.42. The van der Waals surface area contributed by atoms with E-state index < -0.39 is 0 Å². The number of rotatable bonds is 2. The van der Waals surface area contributed by atoms with Gasteiger partial charge in [-0.15, -0.1) is 0 Å². The van der Waals surface area contributed by atoms with Crippen molar-refractivity contribution in [2.24, 2.45) is 11.7 Å². The molecular formula is C17H25FN2O. The number of nitrogens with zero attached hydrogens (tertiary/aromatic N) is 1. The highest BCUT2D eigenvalue weighted by Crippen LogP contribution is 2.43. The molecule has 4 heteroatoms. The summed E-state index contributed by atoms with van der Waals surface area (Å²) in [5.41, 5.74) is 6.93. The molecule has 0 aromatic heterocycles. The van der Waals surface area contributed by atoms with E-state index >= 15 is 0 Å². The second-order valence-corrected chi connectivity index (χ2v) is 6.97. The highest BCUT2D eigenvalue weighted by molar-refractivity contribution is 5.39. The Kier molecular flexibility index (Phi) is 3.93. The van der Waals surface area contributed by atoms with Crippen molar-refractivity contribution in [2.45, 2.75) is 44.8 Å². The molecule has 21 heavy (non-hydrogen) atoms. The monoisotopic (exact) mass is 292 g/mol. The Labute approximate surface area is 126 Å². The van der Waals surface area contributed by atoms with Crippen molar-refractivity contribution >= 4 is 0 Å². The highest BCUT2D eigenvalue weighted by atomic mass is 19.1. The van der Waals surface area contributed by atoms with Crippen LogP contribution in [0.5, 0.6) is 5.75 Å². The predicted molar refractivity (Wildman–Crippen MR) is 81.8 cm³/mol. The fraction of sp³-hybridized carbons (Fsp3) is 0.647. The van der Waals surface area contributed by atoms with E-state index in [4.69, 9.17) is 10.5 Å². The summed E-state index contributed by atoms with van der Waals surface area (Å²) in [6.07, 6.45) is 2.80. The molecule has 3 nitrogen and oxygen atoms in total. The topological polar surface area (TPSA) is 38.5 Å². The maximum Gasteiger partial charge on any atom is 0.125 e. The maximum atomic E-state index is 13.4. The molecule has 0 unspecified atom stereocenters. The van der Waals surface area contributed by atoms with Crippen LogP contribution in [0.3, 0.4) is 0 Å². The second kappa shape index (κ2) is 5.58. The minimum atomic E-state index is -0.240. The zero-order valence-electron chi connectivity index (χ0n) is 12.9. The molecule has 0 bridgehead atoms. The van der Waals surface area contributed by atoms with E-state index in [2.05, 4.69) is 18.7 Å². The third-order valence-corrected chi connectivity index (χ3v) is 4.68. The standard InChI is InChI=1S/C17H25FN2O/c1-12(2)11-20-7-5-17(6-8-20)10-15(19)14-9-13(18)3-4-16(14)21-17/h3-4,9,12,15H,5-8,10-11,19H2,1-2H3/t15-/m1/s1. The molecule has 0 radical (unpaired) electrons. The average molecular weight is 292 g/mol. The maximum absolute atomic E-state index is 13.4. The molecule has 2 aliphatic heterocycles. The van der Waals surface area contributed by atoms with E-state index in [1.165, 1.54) is 12.1 Å². The van der Waals surface area contributed by atoms with Crippen LogP contribution in [-0.2, 0) is 0 Å². The lowest BCUT2D eigenvalue weighted by Crippen LogP contribution is -2.51. The van der Waals surface area contributed by atoms with Gasteiger partial charge in [0.25, 0.3) is 0 Å². The number of fused-ring (bicyclic) bond motifs is 1. The number of halogens is 1. The number of hydrogen-bond donors (Lipinski definition) is 1. The Morgan fingerprint density at radius 3 is 2.76 bits per heavy atom. The van der Waals surface area contributed by atoms with E-state index in [0.29, 0.717) is 5.92 Å². The van der Waals surface area contributed by atoms with Gasteiger partial charge in [0, 0.05) is 37.7 Å². The van der Waals surface area contributed by atoms with Crippen LogP contribution < -0.4 is 10.5 Å². The summed E-state index contributed by atoms with van der Waals surface area (Å²) in [6, 6.07) is 4.58. The Morgan fingerprint density at radius 1 is 1.38 bits per heavy atom. The van der Waals surface area contributed by atoms with Crippen molar-refractivity contribution in [3.63, 3.8) is 0 Å². The molecule has 1 aromatic carbocycles. The van der Waals surface area contributed by atoms with E-state index in [1.54, 1.807) is 6.07 Å². The van der Waals surface area contributed by atoms with Crippen LogP contribution in [0.15, 0.2) is 18.2 Å². The first-order valence-corrected chi connectivity index (χ1v) is 7.94. The van der Waals surface area contributed by atoms with E-state index in [9.17, 15) is 4.39 Å². The van der Waals surface area contributed by atoms with Crippen molar-refractivity contribution in [1.29, 1.82) is 0 Å². The minimum absolute atomic E-state index is 0.124. The molecule has 1 saturated heterocycles. The fourth-order valence-electron chi connectivity index (χ4n) is 3.65. The molecule has 1 fully saturated rings. The SMILES string of the molecule is CC(C)CN1CCC2(CC1)C[C@@H](N)c1cc(F)ccc1O2. The third-order valence-electron chi connectivity index (χ3n) is 4.68. The number of piperidine rings is 1. The van der Waals surface area contributed by atoms with Gasteiger partial charge in [-0.05, 0) is 37.0 Å². The van der Waals surface area contributed by atoms with Crippen LogP contribution >= 0.6 is 0 Å².